The molecule has 0 radical (unpaired) electrons. The highest BCUT2D eigenvalue weighted by Crippen LogP contribution is 2.21. The van der Waals surface area contributed by atoms with Crippen LogP contribution in [-0.4, -0.2) is 23.8 Å². The van der Waals surface area contributed by atoms with Crippen LogP contribution in [0.1, 0.15) is 0 Å². The summed E-state index contributed by atoms with van der Waals surface area (Å²) in [6.45, 7) is -1.54. The average Bonchev–Trinajstić information content (AvgIpc) is 2.18. The Morgan fingerprint density at radius 3 is 2.53 bits per heavy atom. The smallest absolute Gasteiger partial charge is 0.305 e. The van der Waals surface area contributed by atoms with Crippen molar-refractivity contribution >= 4 is 23.3 Å². The van der Waals surface area contributed by atoms with Gasteiger partial charge in [0.15, 0.2) is 0 Å². The van der Waals surface area contributed by atoms with Crippen molar-refractivity contribution < 1.29 is 18.0 Å². The first kappa shape index (κ1) is 13.6. The van der Waals surface area contributed by atoms with Crippen molar-refractivity contribution in [2.45, 2.75) is 6.18 Å². The Hall–Kier alpha value is -1.47. The Bertz CT molecular complexity index is 411. The van der Waals surface area contributed by atoms with Gasteiger partial charge in [0.05, 0.1) is 10.7 Å². The van der Waals surface area contributed by atoms with Crippen molar-refractivity contribution in [3.63, 3.8) is 0 Å². The number of nitrogens with zero attached hydrogens (tertiary/aromatic N) is 1. The van der Waals surface area contributed by atoms with Gasteiger partial charge in [-0.05, 0) is 12.1 Å². The summed E-state index contributed by atoms with van der Waals surface area (Å²) in [5.74, 6) is 4.96. The Kier molecular flexibility index (Phi) is 4.19. The lowest BCUT2D eigenvalue weighted by molar-refractivity contribution is -0.139. The number of alkyl halides is 3. The molecule has 0 saturated carbocycles. The van der Waals surface area contributed by atoms with Crippen LogP contribution in [0.2, 0.25) is 5.02 Å². The van der Waals surface area contributed by atoms with Crippen LogP contribution in [0, 0.1) is 0 Å². The summed E-state index contributed by atoms with van der Waals surface area (Å²) < 4.78 is 35.9. The molecule has 1 aromatic carbocycles. The standard InChI is InChI=1S/C9H9ClF3N3O/c10-6-3-1-2-4-7(6)15-8(17)16(14)5-9(11,12)13/h1-4H,5,14H2,(H,15,17). The number of hydrogen-bond acceptors (Lipinski definition) is 2. The van der Waals surface area contributed by atoms with Crippen molar-refractivity contribution in [3.05, 3.63) is 29.3 Å². The third kappa shape index (κ3) is 4.49. The van der Waals surface area contributed by atoms with Gasteiger partial charge in [-0.15, -0.1) is 0 Å². The monoisotopic (exact) mass is 267 g/mol. The van der Waals surface area contributed by atoms with Crippen LogP contribution in [-0.2, 0) is 0 Å². The first-order valence-corrected chi connectivity index (χ1v) is 4.82. The third-order valence-electron chi connectivity index (χ3n) is 1.73. The second-order valence-corrected chi connectivity index (χ2v) is 3.56. The summed E-state index contributed by atoms with van der Waals surface area (Å²) in [6.07, 6.45) is -4.55. The van der Waals surface area contributed by atoms with E-state index in [0.717, 1.165) is 0 Å². The quantitative estimate of drug-likeness (QED) is 0.492. The summed E-state index contributed by atoms with van der Waals surface area (Å²) in [6, 6.07) is 5.04. The lowest BCUT2D eigenvalue weighted by Crippen LogP contribution is -2.46. The van der Waals surface area contributed by atoms with E-state index < -0.39 is 18.8 Å². The maximum absolute atomic E-state index is 12.0. The molecule has 0 unspecified atom stereocenters. The van der Waals surface area contributed by atoms with E-state index >= 15 is 0 Å². The molecular weight excluding hydrogens is 259 g/mol. The zero-order chi connectivity index (χ0) is 13.1. The summed E-state index contributed by atoms with van der Waals surface area (Å²) in [4.78, 5) is 11.3. The van der Waals surface area contributed by atoms with Gasteiger partial charge in [-0.1, -0.05) is 23.7 Å². The Morgan fingerprint density at radius 1 is 1.41 bits per heavy atom. The predicted molar refractivity (Wildman–Crippen MR) is 57.4 cm³/mol. The highest BCUT2D eigenvalue weighted by atomic mass is 35.5. The summed E-state index contributed by atoms with van der Waals surface area (Å²) >= 11 is 5.71. The van der Waals surface area contributed by atoms with Crippen LogP contribution in [0.5, 0.6) is 0 Å². The van der Waals surface area contributed by atoms with E-state index in [2.05, 4.69) is 5.32 Å². The number of rotatable bonds is 2. The molecule has 2 amide bonds. The number of nitrogens with two attached hydrogens (primary N) is 1. The number of carbonyl (C=O) groups excluding carboxylic acids is 1. The van der Waals surface area contributed by atoms with Gasteiger partial charge >= 0.3 is 12.2 Å². The molecule has 0 atom stereocenters. The number of hydrogen-bond donors (Lipinski definition) is 2. The molecule has 0 aliphatic carbocycles. The highest BCUT2D eigenvalue weighted by molar-refractivity contribution is 6.33. The van der Waals surface area contributed by atoms with Crippen LogP contribution < -0.4 is 11.2 Å². The van der Waals surface area contributed by atoms with Gasteiger partial charge in [0.1, 0.15) is 6.54 Å². The molecule has 0 fully saturated rings. The van der Waals surface area contributed by atoms with Gasteiger partial charge in [-0.25, -0.2) is 10.6 Å². The Balaban J connectivity index is 2.64. The molecule has 0 aromatic heterocycles. The number of hydrazine groups is 1. The van der Waals surface area contributed by atoms with Gasteiger partial charge < -0.3 is 5.32 Å². The zero-order valence-electron chi connectivity index (χ0n) is 8.46. The van der Waals surface area contributed by atoms with E-state index in [9.17, 15) is 18.0 Å². The number of para-hydroxylation sites is 1. The molecule has 0 saturated heterocycles. The topological polar surface area (TPSA) is 58.4 Å². The number of benzene rings is 1. The molecule has 94 valence electrons. The molecule has 0 spiro atoms. The fourth-order valence-electron chi connectivity index (χ4n) is 1.01. The number of carbonyl (C=O) groups is 1. The summed E-state index contributed by atoms with van der Waals surface area (Å²) in [5, 5.41) is 2.40. The van der Waals surface area contributed by atoms with E-state index in [1.165, 1.54) is 12.1 Å². The molecule has 17 heavy (non-hydrogen) atoms. The molecule has 0 aliphatic heterocycles. The second kappa shape index (κ2) is 5.24. The second-order valence-electron chi connectivity index (χ2n) is 3.15. The first-order chi connectivity index (χ1) is 7.79. The van der Waals surface area contributed by atoms with Crippen LogP contribution in [0.15, 0.2) is 24.3 Å². The minimum Gasteiger partial charge on any atom is -0.305 e. The van der Waals surface area contributed by atoms with Gasteiger partial charge in [0.2, 0.25) is 0 Å². The highest BCUT2D eigenvalue weighted by Gasteiger charge is 2.31. The fraction of sp³-hybridized carbons (Fsp3) is 0.222. The van der Waals surface area contributed by atoms with Crippen LogP contribution >= 0.6 is 11.6 Å². The van der Waals surface area contributed by atoms with Gasteiger partial charge in [0, 0.05) is 0 Å². The summed E-state index contributed by atoms with van der Waals surface area (Å²) in [5.41, 5.74) is 0.191. The maximum atomic E-state index is 12.0. The molecule has 0 bridgehead atoms. The predicted octanol–water partition coefficient (Wildman–Crippen LogP) is 2.61. The SMILES string of the molecule is NN(CC(F)(F)F)C(=O)Nc1ccccc1Cl. The number of anilines is 1. The van der Waals surface area contributed by atoms with Gasteiger partial charge in [-0.2, -0.15) is 13.2 Å². The molecule has 4 nitrogen and oxygen atoms in total. The van der Waals surface area contributed by atoms with E-state index in [-0.39, 0.29) is 15.7 Å². The average molecular weight is 268 g/mol. The fourth-order valence-corrected chi connectivity index (χ4v) is 1.20. The van der Waals surface area contributed by atoms with E-state index in [1.54, 1.807) is 12.1 Å². The largest absolute Gasteiger partial charge is 0.407 e. The lowest BCUT2D eigenvalue weighted by Gasteiger charge is -2.19. The summed E-state index contributed by atoms with van der Waals surface area (Å²) in [7, 11) is 0. The molecular formula is C9H9ClF3N3O. The van der Waals surface area contributed by atoms with Crippen molar-refractivity contribution in [2.75, 3.05) is 11.9 Å². The lowest BCUT2D eigenvalue weighted by atomic mass is 10.3. The van der Waals surface area contributed by atoms with Crippen LogP contribution in [0.25, 0.3) is 0 Å². The van der Waals surface area contributed by atoms with Crippen molar-refractivity contribution in [1.82, 2.24) is 5.01 Å². The van der Waals surface area contributed by atoms with Crippen molar-refractivity contribution in [3.8, 4) is 0 Å². The molecule has 3 N–H and O–H groups in total. The van der Waals surface area contributed by atoms with E-state index in [4.69, 9.17) is 17.4 Å². The number of halogens is 4. The normalized spacial score (nSPS) is 11.1. The van der Waals surface area contributed by atoms with Gasteiger partial charge in [0.25, 0.3) is 0 Å². The molecule has 0 heterocycles. The zero-order valence-corrected chi connectivity index (χ0v) is 9.22. The molecule has 8 heteroatoms. The number of urea groups is 1. The third-order valence-corrected chi connectivity index (χ3v) is 2.06. The van der Waals surface area contributed by atoms with Crippen molar-refractivity contribution in [2.24, 2.45) is 5.84 Å². The Labute approximate surface area is 100 Å². The van der Waals surface area contributed by atoms with Crippen LogP contribution in [0.4, 0.5) is 23.7 Å². The number of amides is 2. The first-order valence-electron chi connectivity index (χ1n) is 4.44. The molecule has 1 rings (SSSR count). The Morgan fingerprint density at radius 2 is 2.00 bits per heavy atom. The van der Waals surface area contributed by atoms with E-state index in [0.29, 0.717) is 0 Å². The number of nitrogens with one attached hydrogen (secondary N) is 1. The van der Waals surface area contributed by atoms with Crippen molar-refractivity contribution in [1.29, 1.82) is 0 Å². The minimum absolute atomic E-state index is 0.0311. The maximum Gasteiger partial charge on any atom is 0.407 e. The molecule has 1 aromatic rings. The van der Waals surface area contributed by atoms with E-state index in [1.807, 2.05) is 0 Å². The van der Waals surface area contributed by atoms with Gasteiger partial charge in [-0.3, -0.25) is 5.01 Å². The minimum atomic E-state index is -4.55. The van der Waals surface area contributed by atoms with Crippen LogP contribution in [0.3, 0.4) is 0 Å². The molecule has 0 aliphatic rings.